The zero-order chi connectivity index (χ0) is 18.9. The van der Waals surface area contributed by atoms with Gasteiger partial charge in [-0.25, -0.2) is 8.42 Å². The summed E-state index contributed by atoms with van der Waals surface area (Å²) >= 11 is 5.91. The first-order valence-electron chi connectivity index (χ1n) is 8.35. The van der Waals surface area contributed by atoms with Crippen LogP contribution in [-0.4, -0.2) is 56.2 Å². The summed E-state index contributed by atoms with van der Waals surface area (Å²) in [6.45, 7) is 4.33. The number of amides is 1. The molecule has 26 heavy (non-hydrogen) atoms. The van der Waals surface area contributed by atoms with Crippen LogP contribution >= 0.6 is 11.6 Å². The number of fused-ring (bicyclic) bond motifs is 1. The molecule has 0 unspecified atom stereocenters. The number of carbonyl (C=O) groups excluding carboxylic acids is 1. The number of nitrogens with one attached hydrogen (secondary N) is 1. The molecular formula is C17H21ClN2O5S. The van der Waals surface area contributed by atoms with Gasteiger partial charge in [0.1, 0.15) is 5.58 Å². The van der Waals surface area contributed by atoms with Crippen molar-refractivity contribution < 1.29 is 22.4 Å². The molecule has 2 heterocycles. The molecular weight excluding hydrogens is 380 g/mol. The molecule has 1 fully saturated rings. The molecule has 0 aliphatic carbocycles. The summed E-state index contributed by atoms with van der Waals surface area (Å²) in [4.78, 5) is 12.2. The maximum atomic E-state index is 12.5. The lowest BCUT2D eigenvalue weighted by molar-refractivity contribution is -0.0440. The van der Waals surface area contributed by atoms with Crippen molar-refractivity contribution in [1.82, 2.24) is 9.62 Å². The molecule has 1 N–H and O–H groups in total. The number of rotatable bonds is 5. The predicted octanol–water partition coefficient (Wildman–Crippen LogP) is 2.25. The Bertz CT molecular complexity index is 901. The fraction of sp³-hybridized carbons (Fsp3) is 0.471. The number of furan rings is 1. The molecule has 2 aromatic rings. The van der Waals surface area contributed by atoms with Crippen molar-refractivity contribution in [3.8, 4) is 0 Å². The summed E-state index contributed by atoms with van der Waals surface area (Å²) < 4.78 is 37.3. The SMILES string of the molecule is C[C@@H]1CN(S(=O)(=O)CCNC(=O)c2cc3cc(Cl)ccc3o2)C[C@@H](C)O1. The number of halogens is 1. The number of nitrogens with zero attached hydrogens (tertiary/aromatic N) is 1. The maximum Gasteiger partial charge on any atom is 0.287 e. The van der Waals surface area contributed by atoms with Crippen LogP contribution < -0.4 is 5.32 Å². The molecule has 1 aliphatic rings. The van der Waals surface area contributed by atoms with Crippen molar-refractivity contribution in [3.63, 3.8) is 0 Å². The Labute approximate surface area is 157 Å². The fourth-order valence-electron chi connectivity index (χ4n) is 2.99. The highest BCUT2D eigenvalue weighted by atomic mass is 35.5. The van der Waals surface area contributed by atoms with E-state index >= 15 is 0 Å². The lowest BCUT2D eigenvalue weighted by atomic mass is 10.2. The number of sulfonamides is 1. The molecule has 2 atom stereocenters. The Hall–Kier alpha value is -1.61. The van der Waals surface area contributed by atoms with Gasteiger partial charge in [0, 0.05) is 30.0 Å². The van der Waals surface area contributed by atoms with E-state index in [0.717, 1.165) is 0 Å². The van der Waals surface area contributed by atoms with Gasteiger partial charge >= 0.3 is 0 Å². The van der Waals surface area contributed by atoms with E-state index in [9.17, 15) is 13.2 Å². The third-order valence-electron chi connectivity index (χ3n) is 4.13. The van der Waals surface area contributed by atoms with Crippen molar-refractivity contribution in [1.29, 1.82) is 0 Å². The molecule has 1 saturated heterocycles. The van der Waals surface area contributed by atoms with Crippen molar-refractivity contribution in [2.75, 3.05) is 25.4 Å². The molecule has 0 saturated carbocycles. The first-order chi connectivity index (χ1) is 12.2. The lowest BCUT2D eigenvalue weighted by Gasteiger charge is -2.34. The van der Waals surface area contributed by atoms with E-state index < -0.39 is 15.9 Å². The van der Waals surface area contributed by atoms with Gasteiger partial charge in [-0.3, -0.25) is 4.79 Å². The van der Waals surface area contributed by atoms with Crippen LogP contribution in [0, 0.1) is 0 Å². The van der Waals surface area contributed by atoms with Gasteiger partial charge in [-0.15, -0.1) is 0 Å². The molecule has 0 spiro atoms. The van der Waals surface area contributed by atoms with Crippen LogP contribution in [0.25, 0.3) is 11.0 Å². The Morgan fingerprint density at radius 1 is 1.27 bits per heavy atom. The van der Waals surface area contributed by atoms with Crippen LogP contribution in [0.4, 0.5) is 0 Å². The molecule has 0 bridgehead atoms. The number of hydrogen-bond acceptors (Lipinski definition) is 5. The van der Waals surface area contributed by atoms with Gasteiger partial charge in [-0.2, -0.15) is 4.31 Å². The Balaban J connectivity index is 1.58. The van der Waals surface area contributed by atoms with E-state index in [1.54, 1.807) is 24.3 Å². The zero-order valence-corrected chi connectivity index (χ0v) is 16.1. The second kappa shape index (κ2) is 7.56. The molecule has 1 aliphatic heterocycles. The first-order valence-corrected chi connectivity index (χ1v) is 10.3. The quantitative estimate of drug-likeness (QED) is 0.831. The normalized spacial score (nSPS) is 21.8. The summed E-state index contributed by atoms with van der Waals surface area (Å²) in [7, 11) is -3.47. The second-order valence-electron chi connectivity index (χ2n) is 6.44. The van der Waals surface area contributed by atoms with Crippen molar-refractivity contribution in [2.45, 2.75) is 26.1 Å². The zero-order valence-electron chi connectivity index (χ0n) is 14.6. The second-order valence-corrected chi connectivity index (χ2v) is 8.96. The van der Waals surface area contributed by atoms with E-state index in [1.807, 2.05) is 13.8 Å². The van der Waals surface area contributed by atoms with Crippen molar-refractivity contribution in [3.05, 3.63) is 35.0 Å². The van der Waals surface area contributed by atoms with Crippen LogP contribution in [0.3, 0.4) is 0 Å². The number of carbonyl (C=O) groups is 1. The highest BCUT2D eigenvalue weighted by Gasteiger charge is 2.30. The van der Waals surface area contributed by atoms with Gasteiger partial charge < -0.3 is 14.5 Å². The molecule has 1 aromatic heterocycles. The Morgan fingerprint density at radius 2 is 1.96 bits per heavy atom. The lowest BCUT2D eigenvalue weighted by Crippen LogP contribution is -2.49. The Kier molecular flexibility index (Phi) is 5.57. The molecule has 0 radical (unpaired) electrons. The van der Waals surface area contributed by atoms with E-state index in [2.05, 4.69) is 5.32 Å². The smallest absolute Gasteiger partial charge is 0.287 e. The van der Waals surface area contributed by atoms with Gasteiger partial charge in [0.05, 0.1) is 18.0 Å². The van der Waals surface area contributed by atoms with Gasteiger partial charge in [-0.05, 0) is 38.1 Å². The predicted molar refractivity (Wildman–Crippen MR) is 98.9 cm³/mol. The molecule has 3 rings (SSSR count). The van der Waals surface area contributed by atoms with E-state index in [0.29, 0.717) is 29.1 Å². The monoisotopic (exact) mass is 400 g/mol. The summed E-state index contributed by atoms with van der Waals surface area (Å²) in [5.74, 6) is -0.519. The van der Waals surface area contributed by atoms with Gasteiger partial charge in [0.25, 0.3) is 5.91 Å². The topological polar surface area (TPSA) is 88.9 Å². The minimum absolute atomic E-state index is 0.000906. The fourth-order valence-corrected chi connectivity index (χ4v) is 4.67. The highest BCUT2D eigenvalue weighted by molar-refractivity contribution is 7.89. The molecule has 1 aromatic carbocycles. The summed E-state index contributed by atoms with van der Waals surface area (Å²) in [6, 6.07) is 6.63. The van der Waals surface area contributed by atoms with Crippen molar-refractivity contribution in [2.24, 2.45) is 0 Å². The average Bonchev–Trinajstić information content (AvgIpc) is 2.97. The standard InChI is InChI=1S/C17H21ClN2O5S/c1-11-9-20(10-12(2)24-11)26(22,23)6-5-19-17(21)16-8-13-7-14(18)3-4-15(13)25-16/h3-4,7-8,11-12H,5-6,9-10H2,1-2H3,(H,19,21)/t11-,12-/m1/s1. The van der Waals surface area contributed by atoms with Crippen LogP contribution in [0.2, 0.25) is 5.02 Å². The van der Waals surface area contributed by atoms with E-state index in [1.165, 1.54) is 4.31 Å². The minimum Gasteiger partial charge on any atom is -0.451 e. The Morgan fingerprint density at radius 3 is 2.65 bits per heavy atom. The van der Waals surface area contributed by atoms with Gasteiger partial charge in [0.15, 0.2) is 5.76 Å². The molecule has 142 valence electrons. The van der Waals surface area contributed by atoms with Crippen LogP contribution in [0.1, 0.15) is 24.4 Å². The molecule has 7 nitrogen and oxygen atoms in total. The van der Waals surface area contributed by atoms with Gasteiger partial charge in [-0.1, -0.05) is 11.6 Å². The summed E-state index contributed by atoms with van der Waals surface area (Å²) in [5.41, 5.74) is 0.545. The van der Waals surface area contributed by atoms with Gasteiger partial charge in [0.2, 0.25) is 10.0 Å². The number of hydrogen-bond donors (Lipinski definition) is 1. The number of benzene rings is 1. The summed E-state index contributed by atoms with van der Waals surface area (Å²) in [5, 5.41) is 3.85. The van der Waals surface area contributed by atoms with E-state index in [4.69, 9.17) is 20.8 Å². The van der Waals surface area contributed by atoms with Crippen LogP contribution in [0.5, 0.6) is 0 Å². The summed E-state index contributed by atoms with van der Waals surface area (Å²) in [6.07, 6.45) is -0.295. The maximum absolute atomic E-state index is 12.5. The largest absolute Gasteiger partial charge is 0.451 e. The van der Waals surface area contributed by atoms with Crippen LogP contribution in [0.15, 0.2) is 28.7 Å². The minimum atomic E-state index is -3.47. The molecule has 1 amide bonds. The van der Waals surface area contributed by atoms with E-state index in [-0.39, 0.29) is 30.3 Å². The van der Waals surface area contributed by atoms with Crippen LogP contribution in [-0.2, 0) is 14.8 Å². The third kappa shape index (κ3) is 4.37. The number of ether oxygens (including phenoxy) is 1. The van der Waals surface area contributed by atoms with Crippen molar-refractivity contribution >= 4 is 38.5 Å². The first kappa shape index (κ1) is 19.2. The average molecular weight is 401 g/mol. The highest BCUT2D eigenvalue weighted by Crippen LogP contribution is 2.23. The third-order valence-corrected chi connectivity index (χ3v) is 6.17. The number of morpholine rings is 1. The molecule has 9 heteroatoms.